The molecule has 1 aromatic rings. The fourth-order valence-corrected chi connectivity index (χ4v) is 3.67. The molecule has 102 valence electrons. The van der Waals surface area contributed by atoms with Gasteiger partial charge in [-0.25, -0.2) is 0 Å². The molecule has 0 saturated carbocycles. The van der Waals surface area contributed by atoms with E-state index < -0.39 is 0 Å². The highest BCUT2D eigenvalue weighted by Crippen LogP contribution is 2.37. The zero-order valence-electron chi connectivity index (χ0n) is 10.8. The second-order valence-corrected chi connectivity index (χ2v) is 5.97. The van der Waals surface area contributed by atoms with E-state index in [1.807, 2.05) is 35.2 Å². The normalized spacial score (nSPS) is 29.3. The van der Waals surface area contributed by atoms with Crippen LogP contribution in [0.25, 0.3) is 0 Å². The van der Waals surface area contributed by atoms with Crippen LogP contribution in [0.2, 0.25) is 0 Å². The summed E-state index contributed by atoms with van der Waals surface area (Å²) >= 11 is 6.22. The molecule has 4 heteroatoms. The standard InChI is InChI=1S/C15H18ClNO2/c16-11-8-12-6-7-13(9-11)17(12)15(18)10-19-14-4-2-1-3-5-14/h1-5,11-13H,6-10H2. The van der Waals surface area contributed by atoms with Gasteiger partial charge in [-0.1, -0.05) is 18.2 Å². The molecule has 3 rings (SSSR count). The lowest BCUT2D eigenvalue weighted by Gasteiger charge is -2.36. The Bertz CT molecular complexity index is 437. The van der Waals surface area contributed by atoms with Crippen molar-refractivity contribution in [2.24, 2.45) is 0 Å². The number of alkyl halides is 1. The minimum absolute atomic E-state index is 0.0971. The molecule has 0 radical (unpaired) electrons. The van der Waals surface area contributed by atoms with Crippen molar-refractivity contribution in [3.8, 4) is 5.75 Å². The molecule has 0 N–H and O–H groups in total. The minimum atomic E-state index is 0.0971. The van der Waals surface area contributed by atoms with Crippen LogP contribution in [0, 0.1) is 0 Å². The van der Waals surface area contributed by atoms with Crippen LogP contribution < -0.4 is 4.74 Å². The van der Waals surface area contributed by atoms with Gasteiger partial charge >= 0.3 is 0 Å². The lowest BCUT2D eigenvalue weighted by molar-refractivity contribution is -0.137. The molecular weight excluding hydrogens is 262 g/mol. The maximum atomic E-state index is 12.3. The summed E-state index contributed by atoms with van der Waals surface area (Å²) in [5, 5.41) is 0.233. The first kappa shape index (κ1) is 12.8. The van der Waals surface area contributed by atoms with E-state index in [0.717, 1.165) is 31.4 Å². The maximum Gasteiger partial charge on any atom is 0.261 e. The number of hydrogen-bond donors (Lipinski definition) is 0. The first-order valence-electron chi connectivity index (χ1n) is 6.87. The number of fused-ring (bicyclic) bond motifs is 2. The second-order valence-electron chi connectivity index (χ2n) is 5.36. The van der Waals surface area contributed by atoms with Crippen molar-refractivity contribution >= 4 is 17.5 Å². The molecule has 0 aromatic heterocycles. The molecule has 0 aliphatic carbocycles. The van der Waals surface area contributed by atoms with Crippen LogP contribution in [-0.2, 0) is 4.79 Å². The molecule has 2 bridgehead atoms. The van der Waals surface area contributed by atoms with Crippen LogP contribution in [0.5, 0.6) is 5.75 Å². The van der Waals surface area contributed by atoms with Crippen molar-refractivity contribution in [3.63, 3.8) is 0 Å². The lowest BCUT2D eigenvalue weighted by Crippen LogP contribution is -2.48. The number of carbonyl (C=O) groups excluding carboxylic acids is 1. The van der Waals surface area contributed by atoms with Gasteiger partial charge in [0.2, 0.25) is 0 Å². The predicted molar refractivity (Wildman–Crippen MR) is 74.5 cm³/mol. The molecule has 2 unspecified atom stereocenters. The number of halogens is 1. The summed E-state index contributed by atoms with van der Waals surface area (Å²) < 4.78 is 5.55. The van der Waals surface area contributed by atoms with Crippen LogP contribution in [0.4, 0.5) is 0 Å². The van der Waals surface area contributed by atoms with Gasteiger partial charge in [-0.15, -0.1) is 11.6 Å². The Morgan fingerprint density at radius 2 is 1.84 bits per heavy atom. The molecule has 1 aromatic carbocycles. The van der Waals surface area contributed by atoms with Crippen molar-refractivity contribution in [2.75, 3.05) is 6.61 Å². The van der Waals surface area contributed by atoms with E-state index in [0.29, 0.717) is 12.1 Å². The van der Waals surface area contributed by atoms with Gasteiger partial charge in [0.05, 0.1) is 0 Å². The second kappa shape index (κ2) is 5.41. The van der Waals surface area contributed by atoms with Crippen molar-refractivity contribution < 1.29 is 9.53 Å². The third-order valence-electron chi connectivity index (χ3n) is 4.07. The Morgan fingerprint density at radius 3 is 2.47 bits per heavy atom. The van der Waals surface area contributed by atoms with Crippen LogP contribution in [0.15, 0.2) is 30.3 Å². The molecular formula is C15H18ClNO2. The third kappa shape index (κ3) is 2.71. The summed E-state index contributed by atoms with van der Waals surface area (Å²) in [6.45, 7) is 0.129. The van der Waals surface area contributed by atoms with E-state index in [1.165, 1.54) is 0 Å². The molecule has 1 amide bonds. The van der Waals surface area contributed by atoms with Crippen molar-refractivity contribution in [2.45, 2.75) is 43.1 Å². The summed E-state index contributed by atoms with van der Waals surface area (Å²) in [6, 6.07) is 10.1. The van der Waals surface area contributed by atoms with E-state index >= 15 is 0 Å². The average molecular weight is 280 g/mol. The fraction of sp³-hybridized carbons (Fsp3) is 0.533. The monoisotopic (exact) mass is 279 g/mol. The molecule has 2 atom stereocenters. The molecule has 2 aliphatic heterocycles. The molecule has 2 heterocycles. The predicted octanol–water partition coefficient (Wildman–Crippen LogP) is 2.83. The number of amides is 1. The van der Waals surface area contributed by atoms with Gasteiger partial charge in [-0.05, 0) is 37.8 Å². The zero-order valence-corrected chi connectivity index (χ0v) is 11.6. The van der Waals surface area contributed by atoms with Crippen molar-refractivity contribution in [1.82, 2.24) is 4.90 Å². The topological polar surface area (TPSA) is 29.5 Å². The first-order chi connectivity index (χ1) is 9.24. The number of carbonyl (C=O) groups is 1. The van der Waals surface area contributed by atoms with E-state index in [-0.39, 0.29) is 17.9 Å². The van der Waals surface area contributed by atoms with Gasteiger partial charge in [0.15, 0.2) is 6.61 Å². The van der Waals surface area contributed by atoms with Gasteiger partial charge in [-0.2, -0.15) is 0 Å². The number of benzene rings is 1. The Kier molecular flexibility index (Phi) is 3.65. The summed E-state index contributed by atoms with van der Waals surface area (Å²) in [5.41, 5.74) is 0. The molecule has 2 saturated heterocycles. The van der Waals surface area contributed by atoms with Crippen LogP contribution in [-0.4, -0.2) is 34.9 Å². The highest BCUT2D eigenvalue weighted by molar-refractivity contribution is 6.20. The number of ether oxygens (including phenoxy) is 1. The van der Waals surface area contributed by atoms with Crippen molar-refractivity contribution in [3.05, 3.63) is 30.3 Å². The SMILES string of the molecule is O=C(COc1ccccc1)N1C2CCC1CC(Cl)C2. The van der Waals surface area contributed by atoms with E-state index in [9.17, 15) is 4.79 Å². The number of hydrogen-bond acceptors (Lipinski definition) is 2. The summed E-state index contributed by atoms with van der Waals surface area (Å²) in [7, 11) is 0. The first-order valence-corrected chi connectivity index (χ1v) is 7.31. The Balaban J connectivity index is 1.59. The van der Waals surface area contributed by atoms with Crippen molar-refractivity contribution in [1.29, 1.82) is 0 Å². The summed E-state index contributed by atoms with van der Waals surface area (Å²) in [4.78, 5) is 14.3. The number of piperidine rings is 1. The highest BCUT2D eigenvalue weighted by Gasteiger charge is 2.42. The number of para-hydroxylation sites is 1. The molecule has 3 nitrogen and oxygen atoms in total. The minimum Gasteiger partial charge on any atom is -0.484 e. The van der Waals surface area contributed by atoms with Crippen LogP contribution >= 0.6 is 11.6 Å². The Morgan fingerprint density at radius 1 is 1.21 bits per heavy atom. The smallest absolute Gasteiger partial charge is 0.261 e. The van der Waals surface area contributed by atoms with Gasteiger partial charge in [0.25, 0.3) is 5.91 Å². The van der Waals surface area contributed by atoms with Gasteiger partial charge in [-0.3, -0.25) is 4.79 Å². The third-order valence-corrected chi connectivity index (χ3v) is 4.43. The van der Waals surface area contributed by atoms with E-state index in [1.54, 1.807) is 0 Å². The van der Waals surface area contributed by atoms with E-state index in [2.05, 4.69) is 0 Å². The lowest BCUT2D eigenvalue weighted by atomic mass is 10.0. The van der Waals surface area contributed by atoms with Crippen LogP contribution in [0.1, 0.15) is 25.7 Å². The van der Waals surface area contributed by atoms with E-state index in [4.69, 9.17) is 16.3 Å². The zero-order chi connectivity index (χ0) is 13.2. The average Bonchev–Trinajstić information content (AvgIpc) is 2.70. The molecule has 2 fully saturated rings. The maximum absolute atomic E-state index is 12.3. The van der Waals surface area contributed by atoms with Gasteiger partial charge < -0.3 is 9.64 Å². The summed E-state index contributed by atoms with van der Waals surface area (Å²) in [5.74, 6) is 0.843. The number of rotatable bonds is 3. The van der Waals surface area contributed by atoms with Gasteiger partial charge in [0.1, 0.15) is 5.75 Å². The number of nitrogens with zero attached hydrogens (tertiary/aromatic N) is 1. The molecule has 2 aliphatic rings. The summed E-state index contributed by atoms with van der Waals surface area (Å²) in [6.07, 6.45) is 4.03. The van der Waals surface area contributed by atoms with Crippen LogP contribution in [0.3, 0.4) is 0 Å². The highest BCUT2D eigenvalue weighted by atomic mass is 35.5. The quantitative estimate of drug-likeness (QED) is 0.797. The Hall–Kier alpha value is -1.22. The largest absolute Gasteiger partial charge is 0.484 e. The molecule has 0 spiro atoms. The fourth-order valence-electron chi connectivity index (χ4n) is 3.25. The van der Waals surface area contributed by atoms with Gasteiger partial charge in [0, 0.05) is 17.5 Å². The molecule has 19 heavy (non-hydrogen) atoms. The Labute approximate surface area is 118 Å².